The highest BCUT2D eigenvalue weighted by molar-refractivity contribution is 6.07. The molecule has 142 valence electrons. The van der Waals surface area contributed by atoms with Gasteiger partial charge in [0.15, 0.2) is 11.0 Å². The van der Waals surface area contributed by atoms with E-state index >= 15 is 0 Å². The highest BCUT2D eigenvalue weighted by Gasteiger charge is 2.12. The lowest BCUT2D eigenvalue weighted by Gasteiger charge is -2.08. The third kappa shape index (κ3) is 4.47. The zero-order valence-corrected chi connectivity index (χ0v) is 15.8. The number of hydrogen-bond donors (Lipinski definition) is 1. The molecule has 3 rings (SSSR count). The first-order valence-electron chi connectivity index (χ1n) is 9.49. The van der Waals surface area contributed by atoms with Crippen molar-refractivity contribution in [3.8, 4) is 6.07 Å². The Morgan fingerprint density at radius 3 is 2.61 bits per heavy atom. The quantitative estimate of drug-likeness (QED) is 0.587. The highest BCUT2D eigenvalue weighted by Crippen LogP contribution is 2.23. The molecule has 0 unspecified atom stereocenters. The smallest absolute Gasteiger partial charge is 0.255 e. The molecule has 0 aliphatic carbocycles. The van der Waals surface area contributed by atoms with Crippen LogP contribution in [0, 0.1) is 11.3 Å². The van der Waals surface area contributed by atoms with Crippen molar-refractivity contribution in [3.05, 3.63) is 75.6 Å². The fourth-order valence-electron chi connectivity index (χ4n) is 3.10. The van der Waals surface area contributed by atoms with Gasteiger partial charge < -0.3 is 9.73 Å². The number of nitrogens with one attached hydrogen (secondary N) is 1. The average Bonchev–Trinajstić information content (AvgIpc) is 2.72. The molecule has 1 aromatic heterocycles. The molecule has 0 spiro atoms. The van der Waals surface area contributed by atoms with Crippen LogP contribution in [0.1, 0.15) is 54.3 Å². The Labute approximate surface area is 163 Å². The molecule has 0 aliphatic heterocycles. The average molecular weight is 374 g/mol. The second-order valence-electron chi connectivity index (χ2n) is 6.73. The Morgan fingerprint density at radius 2 is 1.89 bits per heavy atom. The van der Waals surface area contributed by atoms with Gasteiger partial charge in [0.25, 0.3) is 5.91 Å². The van der Waals surface area contributed by atoms with Gasteiger partial charge in [-0.3, -0.25) is 9.59 Å². The maximum atomic E-state index is 12.6. The van der Waals surface area contributed by atoms with Gasteiger partial charge in [0.2, 0.25) is 5.76 Å². The fourth-order valence-corrected chi connectivity index (χ4v) is 3.10. The first-order valence-corrected chi connectivity index (χ1v) is 9.49. The molecule has 2 aromatic carbocycles. The first kappa shape index (κ1) is 19.4. The van der Waals surface area contributed by atoms with E-state index in [0.29, 0.717) is 16.6 Å². The van der Waals surface area contributed by atoms with E-state index in [1.165, 1.54) is 24.8 Å². The van der Waals surface area contributed by atoms with Crippen LogP contribution < -0.4 is 10.7 Å². The molecular formula is C23H22N2O3. The second kappa shape index (κ2) is 9.01. The van der Waals surface area contributed by atoms with Gasteiger partial charge in [0.05, 0.1) is 11.1 Å². The van der Waals surface area contributed by atoms with Crippen molar-refractivity contribution in [2.24, 2.45) is 0 Å². The van der Waals surface area contributed by atoms with Crippen molar-refractivity contribution in [1.82, 2.24) is 0 Å². The molecule has 0 bridgehead atoms. The zero-order chi connectivity index (χ0) is 19.9. The van der Waals surface area contributed by atoms with Crippen molar-refractivity contribution in [2.75, 3.05) is 5.32 Å². The van der Waals surface area contributed by atoms with Gasteiger partial charge in [-0.1, -0.05) is 44.4 Å². The summed E-state index contributed by atoms with van der Waals surface area (Å²) in [6.45, 7) is 2.19. The summed E-state index contributed by atoms with van der Waals surface area (Å²) < 4.78 is 5.47. The molecule has 0 saturated heterocycles. The van der Waals surface area contributed by atoms with E-state index in [4.69, 9.17) is 9.68 Å². The van der Waals surface area contributed by atoms with Crippen molar-refractivity contribution >= 4 is 22.6 Å². The number of carbonyl (C=O) groups is 1. The number of rotatable bonds is 7. The molecule has 1 N–H and O–H groups in total. The van der Waals surface area contributed by atoms with Crippen LogP contribution in [-0.2, 0) is 6.42 Å². The number of amides is 1. The summed E-state index contributed by atoms with van der Waals surface area (Å²) in [5, 5.41) is 12.1. The van der Waals surface area contributed by atoms with Gasteiger partial charge in [-0.15, -0.1) is 0 Å². The SMILES string of the molecule is CCCCCCc1ccc(C(=O)Nc2cccc3c(=O)cc(C#N)oc23)cc1. The molecule has 5 nitrogen and oxygen atoms in total. The standard InChI is InChI=1S/C23H22N2O3/c1-2-3-4-5-7-16-10-12-17(13-11-16)23(27)25-20-9-6-8-19-21(26)14-18(15-24)28-22(19)20/h6,8-14H,2-5,7H2,1H3,(H,25,27). The van der Waals surface area contributed by atoms with Gasteiger partial charge in [-0.05, 0) is 42.7 Å². The predicted molar refractivity (Wildman–Crippen MR) is 109 cm³/mol. The molecule has 0 saturated carbocycles. The fraction of sp³-hybridized carbons (Fsp3) is 0.261. The highest BCUT2D eigenvalue weighted by atomic mass is 16.3. The van der Waals surface area contributed by atoms with E-state index in [2.05, 4.69) is 12.2 Å². The topological polar surface area (TPSA) is 83.1 Å². The molecule has 5 heteroatoms. The summed E-state index contributed by atoms with van der Waals surface area (Å²) in [4.78, 5) is 24.7. The van der Waals surface area contributed by atoms with Crippen molar-refractivity contribution < 1.29 is 9.21 Å². The maximum absolute atomic E-state index is 12.6. The lowest BCUT2D eigenvalue weighted by molar-refractivity contribution is 0.102. The molecule has 0 radical (unpaired) electrons. The number of nitrogens with zero attached hydrogens (tertiary/aromatic N) is 1. The number of fused-ring (bicyclic) bond motifs is 1. The molecule has 0 fully saturated rings. The van der Waals surface area contributed by atoms with Gasteiger partial charge in [-0.25, -0.2) is 0 Å². The number of anilines is 1. The monoisotopic (exact) mass is 374 g/mol. The van der Waals surface area contributed by atoms with E-state index in [0.717, 1.165) is 18.9 Å². The number of para-hydroxylation sites is 1. The van der Waals surface area contributed by atoms with E-state index < -0.39 is 0 Å². The Hall–Kier alpha value is -3.39. The van der Waals surface area contributed by atoms with Crippen LogP contribution in [0.25, 0.3) is 11.0 Å². The van der Waals surface area contributed by atoms with Crippen molar-refractivity contribution in [1.29, 1.82) is 5.26 Å². The minimum absolute atomic E-state index is 0.0911. The second-order valence-corrected chi connectivity index (χ2v) is 6.73. The van der Waals surface area contributed by atoms with Crippen LogP contribution in [0.3, 0.4) is 0 Å². The zero-order valence-electron chi connectivity index (χ0n) is 15.8. The predicted octanol–water partition coefficient (Wildman–Crippen LogP) is 5.04. The minimum Gasteiger partial charge on any atom is -0.443 e. The molecule has 0 atom stereocenters. The number of aryl methyl sites for hydroxylation is 1. The lowest BCUT2D eigenvalue weighted by Crippen LogP contribution is -2.13. The van der Waals surface area contributed by atoms with Crippen molar-refractivity contribution in [2.45, 2.75) is 39.0 Å². The lowest BCUT2D eigenvalue weighted by atomic mass is 10.0. The van der Waals surface area contributed by atoms with Gasteiger partial charge in [0.1, 0.15) is 6.07 Å². The van der Waals surface area contributed by atoms with E-state index in [1.807, 2.05) is 18.2 Å². The Kier molecular flexibility index (Phi) is 6.23. The van der Waals surface area contributed by atoms with E-state index in [1.54, 1.807) is 30.3 Å². The van der Waals surface area contributed by atoms with Crippen LogP contribution >= 0.6 is 0 Å². The van der Waals surface area contributed by atoms with Crippen LogP contribution in [0.15, 0.2) is 57.7 Å². The normalized spacial score (nSPS) is 10.6. The molecule has 3 aromatic rings. The first-order chi connectivity index (χ1) is 13.6. The van der Waals surface area contributed by atoms with Crippen LogP contribution in [0.4, 0.5) is 5.69 Å². The number of carbonyl (C=O) groups excluding carboxylic acids is 1. The molecule has 0 aliphatic rings. The number of hydrogen-bond acceptors (Lipinski definition) is 4. The number of benzene rings is 2. The Morgan fingerprint density at radius 1 is 1.11 bits per heavy atom. The Balaban J connectivity index is 1.77. The van der Waals surface area contributed by atoms with Crippen LogP contribution in [0.2, 0.25) is 0 Å². The van der Waals surface area contributed by atoms with Crippen LogP contribution in [-0.4, -0.2) is 5.91 Å². The molecular weight excluding hydrogens is 352 g/mol. The van der Waals surface area contributed by atoms with Crippen LogP contribution in [0.5, 0.6) is 0 Å². The Bertz CT molecular complexity index is 1080. The van der Waals surface area contributed by atoms with E-state index in [9.17, 15) is 9.59 Å². The largest absolute Gasteiger partial charge is 0.443 e. The summed E-state index contributed by atoms with van der Waals surface area (Å²) >= 11 is 0. The van der Waals surface area contributed by atoms with Gasteiger partial charge in [-0.2, -0.15) is 5.26 Å². The summed E-state index contributed by atoms with van der Waals surface area (Å²) in [6.07, 6.45) is 5.83. The molecule has 28 heavy (non-hydrogen) atoms. The van der Waals surface area contributed by atoms with E-state index in [-0.39, 0.29) is 22.7 Å². The third-order valence-corrected chi connectivity index (χ3v) is 4.65. The van der Waals surface area contributed by atoms with Gasteiger partial charge in [0, 0.05) is 11.6 Å². The summed E-state index contributed by atoms with van der Waals surface area (Å²) in [5.41, 5.74) is 1.98. The van der Waals surface area contributed by atoms with Gasteiger partial charge >= 0.3 is 0 Å². The summed E-state index contributed by atoms with van der Waals surface area (Å²) in [7, 11) is 0. The van der Waals surface area contributed by atoms with Crippen molar-refractivity contribution in [3.63, 3.8) is 0 Å². The summed E-state index contributed by atoms with van der Waals surface area (Å²) in [5.74, 6) is -0.387. The molecule has 1 heterocycles. The summed E-state index contributed by atoms with van der Waals surface area (Å²) in [6, 6.07) is 15.4. The number of nitriles is 1. The minimum atomic E-state index is -0.318. The third-order valence-electron chi connectivity index (χ3n) is 4.65. The number of unbranched alkanes of at least 4 members (excludes halogenated alkanes) is 3. The molecule has 1 amide bonds. The maximum Gasteiger partial charge on any atom is 0.255 e.